The SMILES string of the molecule is CCCCCCCCCCCCN(C)CCCC(=O)O. The summed E-state index contributed by atoms with van der Waals surface area (Å²) < 4.78 is 0. The molecule has 0 aromatic heterocycles. The van der Waals surface area contributed by atoms with Crippen molar-refractivity contribution in [1.29, 1.82) is 0 Å². The van der Waals surface area contributed by atoms with E-state index in [-0.39, 0.29) is 0 Å². The van der Waals surface area contributed by atoms with Gasteiger partial charge in [0.1, 0.15) is 0 Å². The number of carbonyl (C=O) groups is 1. The average Bonchev–Trinajstić information content (AvgIpc) is 2.40. The molecular formula is C17H35NO2. The molecule has 120 valence electrons. The van der Waals surface area contributed by atoms with Gasteiger partial charge in [0.05, 0.1) is 0 Å². The Bertz CT molecular complexity index is 219. The third-order valence-electron chi connectivity index (χ3n) is 3.82. The fourth-order valence-electron chi connectivity index (χ4n) is 2.48. The van der Waals surface area contributed by atoms with E-state index in [9.17, 15) is 4.79 Å². The van der Waals surface area contributed by atoms with Crippen molar-refractivity contribution < 1.29 is 9.90 Å². The second-order valence-electron chi connectivity index (χ2n) is 5.98. The van der Waals surface area contributed by atoms with Crippen LogP contribution in [0.3, 0.4) is 0 Å². The highest BCUT2D eigenvalue weighted by molar-refractivity contribution is 5.66. The summed E-state index contributed by atoms with van der Waals surface area (Å²) in [5.74, 6) is -0.683. The lowest BCUT2D eigenvalue weighted by Crippen LogP contribution is -2.21. The number of nitrogens with zero attached hydrogens (tertiary/aromatic N) is 1. The standard InChI is InChI=1S/C17H35NO2/c1-3-4-5-6-7-8-9-10-11-12-15-18(2)16-13-14-17(19)20/h3-16H2,1-2H3,(H,19,20). The van der Waals surface area contributed by atoms with E-state index in [0.29, 0.717) is 6.42 Å². The molecule has 0 radical (unpaired) electrons. The van der Waals surface area contributed by atoms with E-state index in [1.165, 1.54) is 64.2 Å². The van der Waals surface area contributed by atoms with Gasteiger partial charge in [-0.3, -0.25) is 4.79 Å². The average molecular weight is 285 g/mol. The zero-order valence-corrected chi connectivity index (χ0v) is 13.7. The Morgan fingerprint density at radius 1 is 0.800 bits per heavy atom. The highest BCUT2D eigenvalue weighted by Crippen LogP contribution is 2.10. The zero-order chi connectivity index (χ0) is 15.1. The van der Waals surface area contributed by atoms with Gasteiger partial charge in [-0.15, -0.1) is 0 Å². The van der Waals surface area contributed by atoms with E-state index in [4.69, 9.17) is 5.11 Å². The second kappa shape index (κ2) is 14.8. The Morgan fingerprint density at radius 2 is 1.25 bits per heavy atom. The van der Waals surface area contributed by atoms with E-state index < -0.39 is 5.97 Å². The molecule has 0 bridgehead atoms. The molecule has 0 aromatic rings. The van der Waals surface area contributed by atoms with Gasteiger partial charge in [0, 0.05) is 6.42 Å². The van der Waals surface area contributed by atoms with Crippen molar-refractivity contribution in [2.75, 3.05) is 20.1 Å². The van der Waals surface area contributed by atoms with Crippen molar-refractivity contribution in [3.63, 3.8) is 0 Å². The van der Waals surface area contributed by atoms with Crippen LogP contribution < -0.4 is 0 Å². The highest BCUT2D eigenvalue weighted by Gasteiger charge is 2.01. The summed E-state index contributed by atoms with van der Waals surface area (Å²) in [7, 11) is 2.09. The summed E-state index contributed by atoms with van der Waals surface area (Å²) in [5.41, 5.74) is 0. The minimum Gasteiger partial charge on any atom is -0.481 e. The monoisotopic (exact) mass is 285 g/mol. The van der Waals surface area contributed by atoms with E-state index >= 15 is 0 Å². The second-order valence-corrected chi connectivity index (χ2v) is 5.98. The molecule has 0 aliphatic rings. The number of carboxylic acid groups (broad SMARTS) is 1. The van der Waals surface area contributed by atoms with Crippen molar-refractivity contribution in [1.82, 2.24) is 4.90 Å². The maximum absolute atomic E-state index is 10.4. The van der Waals surface area contributed by atoms with Crippen molar-refractivity contribution in [2.45, 2.75) is 84.0 Å². The van der Waals surface area contributed by atoms with Gasteiger partial charge in [0.25, 0.3) is 0 Å². The molecule has 0 atom stereocenters. The van der Waals surface area contributed by atoms with Gasteiger partial charge >= 0.3 is 5.97 Å². The molecule has 0 aliphatic heterocycles. The first-order chi connectivity index (χ1) is 9.66. The Kier molecular flexibility index (Phi) is 14.4. The van der Waals surface area contributed by atoms with Crippen LogP contribution in [0.5, 0.6) is 0 Å². The topological polar surface area (TPSA) is 40.5 Å². The lowest BCUT2D eigenvalue weighted by Gasteiger charge is -2.15. The van der Waals surface area contributed by atoms with Gasteiger partial charge in [-0.25, -0.2) is 0 Å². The molecule has 0 amide bonds. The van der Waals surface area contributed by atoms with Crippen LogP contribution >= 0.6 is 0 Å². The number of carboxylic acids is 1. The number of hydrogen-bond acceptors (Lipinski definition) is 2. The fraction of sp³-hybridized carbons (Fsp3) is 0.941. The highest BCUT2D eigenvalue weighted by atomic mass is 16.4. The van der Waals surface area contributed by atoms with Gasteiger partial charge in [-0.05, 0) is 33.0 Å². The van der Waals surface area contributed by atoms with E-state index in [0.717, 1.165) is 19.5 Å². The van der Waals surface area contributed by atoms with Crippen LogP contribution in [0.2, 0.25) is 0 Å². The first-order valence-corrected chi connectivity index (χ1v) is 8.57. The Balaban J connectivity index is 3.13. The Hall–Kier alpha value is -0.570. The lowest BCUT2D eigenvalue weighted by atomic mass is 10.1. The normalized spacial score (nSPS) is 11.2. The van der Waals surface area contributed by atoms with Gasteiger partial charge < -0.3 is 10.0 Å². The largest absolute Gasteiger partial charge is 0.481 e. The molecule has 0 heterocycles. The third kappa shape index (κ3) is 15.5. The molecule has 1 N–H and O–H groups in total. The van der Waals surface area contributed by atoms with E-state index in [2.05, 4.69) is 18.9 Å². The Labute approximate surface area is 125 Å². The molecule has 3 heteroatoms. The number of hydrogen-bond donors (Lipinski definition) is 1. The van der Waals surface area contributed by atoms with Gasteiger partial charge in [0.2, 0.25) is 0 Å². The fourth-order valence-corrected chi connectivity index (χ4v) is 2.48. The molecule has 0 saturated heterocycles. The summed E-state index contributed by atoms with van der Waals surface area (Å²) in [4.78, 5) is 12.7. The molecule has 0 spiro atoms. The van der Waals surface area contributed by atoms with Crippen LogP contribution in [0.1, 0.15) is 84.0 Å². The molecule has 0 unspecified atom stereocenters. The van der Waals surface area contributed by atoms with E-state index in [1.54, 1.807) is 0 Å². The molecule has 0 rings (SSSR count). The molecule has 0 fully saturated rings. The van der Waals surface area contributed by atoms with Crippen molar-refractivity contribution >= 4 is 5.97 Å². The molecule has 0 aromatic carbocycles. The molecule has 20 heavy (non-hydrogen) atoms. The minimum atomic E-state index is -0.683. The van der Waals surface area contributed by atoms with Crippen LogP contribution in [0.15, 0.2) is 0 Å². The van der Waals surface area contributed by atoms with Crippen LogP contribution in [0.25, 0.3) is 0 Å². The van der Waals surface area contributed by atoms with Crippen molar-refractivity contribution in [3.05, 3.63) is 0 Å². The first-order valence-electron chi connectivity index (χ1n) is 8.57. The van der Waals surface area contributed by atoms with Crippen molar-refractivity contribution in [3.8, 4) is 0 Å². The summed E-state index contributed by atoms with van der Waals surface area (Å²) in [6, 6.07) is 0. The number of rotatable bonds is 15. The summed E-state index contributed by atoms with van der Waals surface area (Å²) in [6.45, 7) is 4.28. The maximum atomic E-state index is 10.4. The Morgan fingerprint density at radius 3 is 1.75 bits per heavy atom. The van der Waals surface area contributed by atoms with Gasteiger partial charge in [-0.2, -0.15) is 0 Å². The van der Waals surface area contributed by atoms with Crippen molar-refractivity contribution in [2.24, 2.45) is 0 Å². The molecular weight excluding hydrogens is 250 g/mol. The van der Waals surface area contributed by atoms with Crippen LogP contribution in [-0.2, 0) is 4.79 Å². The van der Waals surface area contributed by atoms with Gasteiger partial charge in [0.15, 0.2) is 0 Å². The summed E-state index contributed by atoms with van der Waals surface area (Å²) in [6.07, 6.45) is 14.7. The molecule has 0 aliphatic carbocycles. The predicted molar refractivity (Wildman–Crippen MR) is 86.2 cm³/mol. The molecule has 3 nitrogen and oxygen atoms in total. The summed E-state index contributed by atoms with van der Waals surface area (Å²) >= 11 is 0. The van der Waals surface area contributed by atoms with Gasteiger partial charge in [-0.1, -0.05) is 64.7 Å². The van der Waals surface area contributed by atoms with E-state index in [1.807, 2.05) is 0 Å². The third-order valence-corrected chi connectivity index (χ3v) is 3.82. The molecule has 0 saturated carbocycles. The minimum absolute atomic E-state index is 0.294. The lowest BCUT2D eigenvalue weighted by molar-refractivity contribution is -0.137. The maximum Gasteiger partial charge on any atom is 0.303 e. The predicted octanol–water partition coefficient (Wildman–Crippen LogP) is 4.70. The quantitative estimate of drug-likeness (QED) is 0.443. The van der Waals surface area contributed by atoms with Crippen LogP contribution in [0, 0.1) is 0 Å². The van der Waals surface area contributed by atoms with Crippen LogP contribution in [0.4, 0.5) is 0 Å². The zero-order valence-electron chi connectivity index (χ0n) is 13.7. The smallest absolute Gasteiger partial charge is 0.303 e. The summed E-state index contributed by atoms with van der Waals surface area (Å²) in [5, 5.41) is 8.57. The number of unbranched alkanes of at least 4 members (excludes halogenated alkanes) is 9. The number of aliphatic carboxylic acids is 1. The van der Waals surface area contributed by atoms with Crippen LogP contribution in [-0.4, -0.2) is 36.1 Å². The first kappa shape index (κ1) is 19.4.